The Morgan fingerprint density at radius 2 is 2.06 bits per heavy atom. The quantitative estimate of drug-likeness (QED) is 0.739. The fraction of sp³-hybridized carbons (Fsp3) is 0.538. The fourth-order valence-corrected chi connectivity index (χ4v) is 2.60. The number of benzene rings is 1. The smallest absolute Gasteiger partial charge is 0.123 e. The van der Waals surface area contributed by atoms with Gasteiger partial charge in [-0.25, -0.2) is 4.39 Å². The molecule has 1 saturated heterocycles. The predicted molar refractivity (Wildman–Crippen MR) is 63.3 cm³/mol. The zero-order valence-electron chi connectivity index (χ0n) is 9.22. The zero-order valence-corrected chi connectivity index (χ0v) is 9.97. The lowest BCUT2D eigenvalue weighted by Gasteiger charge is -2.35. The first-order valence-electron chi connectivity index (χ1n) is 5.62. The lowest BCUT2D eigenvalue weighted by atomic mass is 9.77. The highest BCUT2D eigenvalue weighted by atomic mass is 35.5. The average molecular weight is 243 g/mol. The molecule has 0 atom stereocenters. The third-order valence-electron chi connectivity index (χ3n) is 3.31. The molecule has 0 amide bonds. The maximum Gasteiger partial charge on any atom is 0.123 e. The van der Waals surface area contributed by atoms with Crippen molar-refractivity contribution in [2.45, 2.75) is 19.3 Å². The van der Waals surface area contributed by atoms with E-state index in [4.69, 9.17) is 16.3 Å². The molecule has 0 radical (unpaired) electrons. The van der Waals surface area contributed by atoms with Gasteiger partial charge in [-0.3, -0.25) is 0 Å². The van der Waals surface area contributed by atoms with Gasteiger partial charge in [0.25, 0.3) is 0 Å². The van der Waals surface area contributed by atoms with Crippen LogP contribution in [0.3, 0.4) is 0 Å². The largest absolute Gasteiger partial charge is 0.381 e. The van der Waals surface area contributed by atoms with E-state index in [1.54, 1.807) is 12.1 Å². The number of hydrogen-bond acceptors (Lipinski definition) is 1. The van der Waals surface area contributed by atoms with Crippen LogP contribution in [0.5, 0.6) is 0 Å². The second-order valence-electron chi connectivity index (χ2n) is 4.55. The van der Waals surface area contributed by atoms with E-state index in [-0.39, 0.29) is 11.2 Å². The van der Waals surface area contributed by atoms with Gasteiger partial charge in [-0.15, -0.1) is 11.6 Å². The topological polar surface area (TPSA) is 9.23 Å². The highest BCUT2D eigenvalue weighted by molar-refractivity contribution is 6.18. The normalized spacial score (nSPS) is 19.6. The van der Waals surface area contributed by atoms with E-state index >= 15 is 0 Å². The number of hydrogen-bond donors (Lipinski definition) is 0. The van der Waals surface area contributed by atoms with E-state index in [0.29, 0.717) is 5.88 Å². The molecule has 0 unspecified atom stereocenters. The van der Waals surface area contributed by atoms with Crippen LogP contribution in [0, 0.1) is 11.2 Å². The van der Waals surface area contributed by atoms with Crippen molar-refractivity contribution in [2.24, 2.45) is 5.41 Å². The van der Waals surface area contributed by atoms with Gasteiger partial charge in [0.2, 0.25) is 0 Å². The number of halogens is 2. The van der Waals surface area contributed by atoms with Crippen molar-refractivity contribution < 1.29 is 9.13 Å². The molecule has 1 aromatic carbocycles. The molecule has 1 aliphatic rings. The van der Waals surface area contributed by atoms with E-state index in [9.17, 15) is 4.39 Å². The molecule has 88 valence electrons. The number of rotatable bonds is 3. The summed E-state index contributed by atoms with van der Waals surface area (Å²) >= 11 is 6.08. The van der Waals surface area contributed by atoms with Gasteiger partial charge in [0, 0.05) is 19.1 Å². The van der Waals surface area contributed by atoms with Crippen molar-refractivity contribution in [2.75, 3.05) is 19.1 Å². The SMILES string of the molecule is Fc1cccc(CC2(CCl)CCOCC2)c1. The first kappa shape index (κ1) is 11.9. The van der Waals surface area contributed by atoms with Gasteiger partial charge in [-0.05, 0) is 42.4 Å². The summed E-state index contributed by atoms with van der Waals surface area (Å²) in [4.78, 5) is 0. The molecular formula is C13H16ClFO. The van der Waals surface area contributed by atoms with Crippen LogP contribution in [0.15, 0.2) is 24.3 Å². The van der Waals surface area contributed by atoms with E-state index in [2.05, 4.69) is 0 Å². The third kappa shape index (κ3) is 2.74. The highest BCUT2D eigenvalue weighted by Crippen LogP contribution is 2.35. The maximum absolute atomic E-state index is 13.1. The average Bonchev–Trinajstić information content (AvgIpc) is 2.30. The minimum Gasteiger partial charge on any atom is -0.381 e. The summed E-state index contributed by atoms with van der Waals surface area (Å²) < 4.78 is 18.4. The fourth-order valence-electron chi connectivity index (χ4n) is 2.24. The van der Waals surface area contributed by atoms with E-state index in [1.165, 1.54) is 6.07 Å². The Bertz CT molecular complexity index is 348. The molecule has 1 aliphatic heterocycles. The summed E-state index contributed by atoms with van der Waals surface area (Å²) in [6, 6.07) is 6.80. The molecular weight excluding hydrogens is 227 g/mol. The van der Waals surface area contributed by atoms with Gasteiger partial charge < -0.3 is 4.74 Å². The molecule has 1 heterocycles. The highest BCUT2D eigenvalue weighted by Gasteiger charge is 2.31. The Kier molecular flexibility index (Phi) is 3.82. The minimum absolute atomic E-state index is 0.0909. The summed E-state index contributed by atoms with van der Waals surface area (Å²) in [5.41, 5.74) is 1.12. The summed E-state index contributed by atoms with van der Waals surface area (Å²) in [5.74, 6) is 0.446. The molecule has 0 spiro atoms. The van der Waals surface area contributed by atoms with Gasteiger partial charge >= 0.3 is 0 Å². The van der Waals surface area contributed by atoms with Crippen LogP contribution in [-0.4, -0.2) is 19.1 Å². The Labute approximate surface area is 101 Å². The summed E-state index contributed by atoms with van der Waals surface area (Å²) in [7, 11) is 0. The van der Waals surface area contributed by atoms with Crippen LogP contribution in [0.2, 0.25) is 0 Å². The first-order valence-corrected chi connectivity index (χ1v) is 6.16. The van der Waals surface area contributed by atoms with Crippen molar-refractivity contribution >= 4 is 11.6 Å². The molecule has 0 N–H and O–H groups in total. The van der Waals surface area contributed by atoms with Crippen LogP contribution >= 0.6 is 11.6 Å². The van der Waals surface area contributed by atoms with Crippen LogP contribution in [0.4, 0.5) is 4.39 Å². The maximum atomic E-state index is 13.1. The first-order chi connectivity index (χ1) is 7.74. The second-order valence-corrected chi connectivity index (χ2v) is 4.82. The van der Waals surface area contributed by atoms with Gasteiger partial charge in [0.15, 0.2) is 0 Å². The number of alkyl halides is 1. The van der Waals surface area contributed by atoms with Gasteiger partial charge in [-0.2, -0.15) is 0 Å². The summed E-state index contributed by atoms with van der Waals surface area (Å²) in [5, 5.41) is 0. The Morgan fingerprint density at radius 1 is 1.31 bits per heavy atom. The van der Waals surface area contributed by atoms with Crippen LogP contribution in [0.25, 0.3) is 0 Å². The molecule has 1 fully saturated rings. The van der Waals surface area contributed by atoms with E-state index in [0.717, 1.165) is 38.0 Å². The molecule has 0 saturated carbocycles. The third-order valence-corrected chi connectivity index (χ3v) is 3.87. The zero-order chi connectivity index (χ0) is 11.4. The standard InChI is InChI=1S/C13H16ClFO/c14-10-13(4-6-16-7-5-13)9-11-2-1-3-12(15)8-11/h1-3,8H,4-7,9-10H2. The van der Waals surface area contributed by atoms with Gasteiger partial charge in [0.05, 0.1) is 0 Å². The monoisotopic (exact) mass is 242 g/mol. The molecule has 0 aliphatic carbocycles. The van der Waals surface area contributed by atoms with Gasteiger partial charge in [0.1, 0.15) is 5.82 Å². The summed E-state index contributed by atoms with van der Waals surface area (Å²) in [6.45, 7) is 1.53. The predicted octanol–water partition coefficient (Wildman–Crippen LogP) is 3.40. The Hall–Kier alpha value is -0.600. The van der Waals surface area contributed by atoms with Crippen molar-refractivity contribution in [3.8, 4) is 0 Å². The second kappa shape index (κ2) is 5.15. The lowest BCUT2D eigenvalue weighted by Crippen LogP contribution is -2.33. The molecule has 0 aromatic heterocycles. The van der Waals surface area contributed by atoms with Crippen molar-refractivity contribution in [3.05, 3.63) is 35.6 Å². The van der Waals surface area contributed by atoms with Crippen LogP contribution in [0.1, 0.15) is 18.4 Å². The molecule has 16 heavy (non-hydrogen) atoms. The molecule has 1 nitrogen and oxygen atoms in total. The number of ether oxygens (including phenoxy) is 1. The van der Waals surface area contributed by atoms with Crippen molar-refractivity contribution in [3.63, 3.8) is 0 Å². The molecule has 0 bridgehead atoms. The van der Waals surface area contributed by atoms with E-state index in [1.807, 2.05) is 6.07 Å². The lowest BCUT2D eigenvalue weighted by molar-refractivity contribution is 0.0257. The Morgan fingerprint density at radius 3 is 2.69 bits per heavy atom. The van der Waals surface area contributed by atoms with Crippen molar-refractivity contribution in [1.82, 2.24) is 0 Å². The van der Waals surface area contributed by atoms with Gasteiger partial charge in [-0.1, -0.05) is 12.1 Å². The molecule has 3 heteroatoms. The summed E-state index contributed by atoms with van der Waals surface area (Å²) in [6.07, 6.45) is 2.78. The molecule has 2 rings (SSSR count). The Balaban J connectivity index is 2.11. The molecule has 1 aromatic rings. The van der Waals surface area contributed by atoms with E-state index < -0.39 is 0 Å². The minimum atomic E-state index is -0.172. The van der Waals surface area contributed by atoms with Crippen LogP contribution in [-0.2, 0) is 11.2 Å². The van der Waals surface area contributed by atoms with Crippen molar-refractivity contribution in [1.29, 1.82) is 0 Å². The van der Waals surface area contributed by atoms with Crippen LogP contribution < -0.4 is 0 Å².